The van der Waals surface area contributed by atoms with Crippen molar-refractivity contribution in [1.82, 2.24) is 10.3 Å². The number of hydrogen-bond acceptors (Lipinski definition) is 8. The van der Waals surface area contributed by atoms with E-state index in [9.17, 15) is 24.5 Å². The van der Waals surface area contributed by atoms with Crippen molar-refractivity contribution in [3.8, 4) is 0 Å². The summed E-state index contributed by atoms with van der Waals surface area (Å²) in [6, 6.07) is 3.64. The standard InChI is InChI=1S/C20H19Cl3N4O6S/c1-10(18(28)26-17-15(23)7-11(21)9-24-17)33-20(30)16(5-6-34-2)25-19(29)13-4-3-12(27(31)32)8-14(13)22/h3-4,7-10,16H,5-6H2,1-2H3,(H,25,29)(H,24,26,28)/t10-,16-/m0/s1. The van der Waals surface area contributed by atoms with Crippen molar-refractivity contribution in [2.75, 3.05) is 17.3 Å². The van der Waals surface area contributed by atoms with E-state index in [4.69, 9.17) is 39.5 Å². The number of amides is 2. The summed E-state index contributed by atoms with van der Waals surface area (Å²) in [6.07, 6.45) is 2.07. The van der Waals surface area contributed by atoms with Gasteiger partial charge in [0, 0.05) is 18.3 Å². The number of pyridine rings is 1. The lowest BCUT2D eigenvalue weighted by molar-refractivity contribution is -0.384. The molecule has 2 N–H and O–H groups in total. The van der Waals surface area contributed by atoms with Gasteiger partial charge < -0.3 is 15.4 Å². The van der Waals surface area contributed by atoms with Crippen LogP contribution in [0.1, 0.15) is 23.7 Å². The first-order chi connectivity index (χ1) is 16.0. The van der Waals surface area contributed by atoms with Crippen molar-refractivity contribution in [2.45, 2.75) is 25.5 Å². The van der Waals surface area contributed by atoms with Gasteiger partial charge in [-0.25, -0.2) is 9.78 Å². The summed E-state index contributed by atoms with van der Waals surface area (Å²) in [5.41, 5.74) is -0.335. The lowest BCUT2D eigenvalue weighted by Gasteiger charge is -2.20. The number of nitrogens with one attached hydrogen (secondary N) is 2. The van der Waals surface area contributed by atoms with Gasteiger partial charge in [0.2, 0.25) is 0 Å². The highest BCUT2D eigenvalue weighted by Crippen LogP contribution is 2.24. The molecule has 0 saturated carbocycles. The fourth-order valence-electron chi connectivity index (χ4n) is 2.56. The van der Waals surface area contributed by atoms with E-state index >= 15 is 0 Å². The van der Waals surface area contributed by atoms with Gasteiger partial charge in [0.15, 0.2) is 11.9 Å². The van der Waals surface area contributed by atoms with Crippen molar-refractivity contribution in [2.24, 2.45) is 0 Å². The normalized spacial score (nSPS) is 12.4. The van der Waals surface area contributed by atoms with Crippen molar-refractivity contribution in [3.05, 3.63) is 61.2 Å². The van der Waals surface area contributed by atoms with Gasteiger partial charge in [0.1, 0.15) is 6.04 Å². The highest BCUT2D eigenvalue weighted by molar-refractivity contribution is 7.98. The van der Waals surface area contributed by atoms with Crippen molar-refractivity contribution in [1.29, 1.82) is 0 Å². The van der Waals surface area contributed by atoms with Gasteiger partial charge >= 0.3 is 5.97 Å². The maximum Gasteiger partial charge on any atom is 0.329 e. The smallest absolute Gasteiger partial charge is 0.329 e. The van der Waals surface area contributed by atoms with E-state index in [0.717, 1.165) is 12.1 Å². The van der Waals surface area contributed by atoms with E-state index in [-0.39, 0.29) is 38.6 Å². The Morgan fingerprint density at radius 3 is 2.50 bits per heavy atom. The minimum absolute atomic E-state index is 0.0408. The molecule has 0 radical (unpaired) electrons. The first-order valence-corrected chi connectivity index (χ1v) is 12.1. The number of non-ortho nitro benzene ring substituents is 1. The summed E-state index contributed by atoms with van der Waals surface area (Å²) in [6.45, 7) is 1.34. The SMILES string of the molecule is CSCC[C@H](NC(=O)c1ccc([N+](=O)[O-])cc1Cl)C(=O)O[C@@H](C)C(=O)Nc1ncc(Cl)cc1Cl. The molecule has 1 heterocycles. The summed E-state index contributed by atoms with van der Waals surface area (Å²) in [5.74, 6) is -1.73. The Balaban J connectivity index is 2.08. The molecule has 0 spiro atoms. The maximum absolute atomic E-state index is 12.7. The molecule has 2 atom stereocenters. The van der Waals surface area contributed by atoms with Gasteiger partial charge in [-0.05, 0) is 37.5 Å². The molecule has 14 heteroatoms. The predicted molar refractivity (Wildman–Crippen MR) is 131 cm³/mol. The topological polar surface area (TPSA) is 141 Å². The van der Waals surface area contributed by atoms with Gasteiger partial charge in [-0.2, -0.15) is 11.8 Å². The number of benzene rings is 1. The number of anilines is 1. The second kappa shape index (κ2) is 12.7. The van der Waals surface area contributed by atoms with Gasteiger partial charge in [-0.3, -0.25) is 19.7 Å². The number of carbonyl (C=O) groups excluding carboxylic acids is 3. The number of halogens is 3. The fourth-order valence-corrected chi connectivity index (χ4v) is 3.72. The number of carbonyl (C=O) groups is 3. The van der Waals surface area contributed by atoms with Crippen LogP contribution in [0.25, 0.3) is 0 Å². The van der Waals surface area contributed by atoms with E-state index in [1.165, 1.54) is 37.0 Å². The number of hydrogen-bond donors (Lipinski definition) is 2. The average molecular weight is 550 g/mol. The molecule has 0 bridgehead atoms. The zero-order valence-corrected chi connectivity index (χ0v) is 20.9. The monoisotopic (exact) mass is 548 g/mol. The number of nitro groups is 1. The number of aromatic nitrogens is 1. The second-order valence-corrected chi connectivity index (χ2v) is 9.02. The van der Waals surface area contributed by atoms with Crippen LogP contribution >= 0.6 is 46.6 Å². The van der Waals surface area contributed by atoms with Crippen molar-refractivity contribution >= 4 is 75.9 Å². The Bertz CT molecular complexity index is 1100. The summed E-state index contributed by atoms with van der Waals surface area (Å²) in [4.78, 5) is 51.9. The Kier molecular flexibility index (Phi) is 10.4. The highest BCUT2D eigenvalue weighted by atomic mass is 35.5. The molecule has 1 aromatic heterocycles. The van der Waals surface area contributed by atoms with Crippen LogP contribution in [0.5, 0.6) is 0 Å². The van der Waals surface area contributed by atoms with Crippen LogP contribution in [0.3, 0.4) is 0 Å². The zero-order chi connectivity index (χ0) is 25.4. The molecule has 2 amide bonds. The minimum atomic E-state index is -1.24. The molecule has 2 rings (SSSR count). The van der Waals surface area contributed by atoms with Crippen molar-refractivity contribution in [3.63, 3.8) is 0 Å². The van der Waals surface area contributed by atoms with E-state index in [1.807, 2.05) is 6.26 Å². The highest BCUT2D eigenvalue weighted by Gasteiger charge is 2.28. The molecule has 0 fully saturated rings. The van der Waals surface area contributed by atoms with Crippen LogP contribution in [0.4, 0.5) is 11.5 Å². The fraction of sp³-hybridized carbons (Fsp3) is 0.300. The minimum Gasteiger partial charge on any atom is -0.451 e. The van der Waals surface area contributed by atoms with Crippen LogP contribution in [0.15, 0.2) is 30.5 Å². The van der Waals surface area contributed by atoms with E-state index in [1.54, 1.807) is 0 Å². The molecular formula is C20H19Cl3N4O6S. The summed E-state index contributed by atoms with van der Waals surface area (Å²) >= 11 is 19.2. The van der Waals surface area contributed by atoms with Crippen molar-refractivity contribution < 1.29 is 24.0 Å². The molecule has 0 saturated heterocycles. The van der Waals surface area contributed by atoms with Gasteiger partial charge in [-0.1, -0.05) is 34.8 Å². The first kappa shape index (κ1) is 27.6. The number of nitrogens with zero attached hydrogens (tertiary/aromatic N) is 2. The van der Waals surface area contributed by atoms with E-state index in [0.29, 0.717) is 5.75 Å². The molecular weight excluding hydrogens is 531 g/mol. The average Bonchev–Trinajstić information content (AvgIpc) is 2.77. The lowest BCUT2D eigenvalue weighted by atomic mass is 10.1. The molecule has 1 aromatic carbocycles. The Labute approximate surface area is 213 Å². The van der Waals surface area contributed by atoms with Crippen LogP contribution in [-0.2, 0) is 14.3 Å². The number of thioether (sulfide) groups is 1. The summed E-state index contributed by atoms with van der Waals surface area (Å²) < 4.78 is 5.23. The van der Waals surface area contributed by atoms with Gasteiger partial charge in [0.05, 0.1) is 25.6 Å². The Morgan fingerprint density at radius 1 is 1.21 bits per heavy atom. The summed E-state index contributed by atoms with van der Waals surface area (Å²) in [5, 5.41) is 16.0. The molecule has 0 aliphatic rings. The number of esters is 1. The largest absolute Gasteiger partial charge is 0.451 e. The third-order valence-electron chi connectivity index (χ3n) is 4.32. The number of rotatable bonds is 10. The molecule has 182 valence electrons. The first-order valence-electron chi connectivity index (χ1n) is 9.59. The second-order valence-electron chi connectivity index (χ2n) is 6.78. The zero-order valence-electron chi connectivity index (χ0n) is 17.8. The lowest BCUT2D eigenvalue weighted by Crippen LogP contribution is -2.44. The Morgan fingerprint density at radius 2 is 1.91 bits per heavy atom. The quantitative estimate of drug-likeness (QED) is 0.253. The molecule has 2 aromatic rings. The molecule has 0 aliphatic heterocycles. The van der Waals surface area contributed by atoms with Crippen LogP contribution < -0.4 is 10.6 Å². The third kappa shape index (κ3) is 7.73. The third-order valence-corrected chi connectivity index (χ3v) is 5.77. The number of ether oxygens (including phenoxy) is 1. The molecule has 0 unspecified atom stereocenters. The van der Waals surface area contributed by atoms with Gasteiger partial charge in [-0.15, -0.1) is 0 Å². The predicted octanol–water partition coefficient (Wildman–Crippen LogP) is 4.37. The molecule has 34 heavy (non-hydrogen) atoms. The van der Waals surface area contributed by atoms with E-state index in [2.05, 4.69) is 15.6 Å². The van der Waals surface area contributed by atoms with Crippen LogP contribution in [0.2, 0.25) is 15.1 Å². The maximum atomic E-state index is 12.7. The van der Waals surface area contributed by atoms with Crippen LogP contribution in [0, 0.1) is 10.1 Å². The molecule has 10 nitrogen and oxygen atoms in total. The summed E-state index contributed by atoms with van der Waals surface area (Å²) in [7, 11) is 0. The van der Waals surface area contributed by atoms with Crippen LogP contribution in [-0.4, -0.2) is 51.8 Å². The van der Waals surface area contributed by atoms with E-state index < -0.39 is 34.9 Å². The number of nitro benzene ring substituents is 1. The molecule has 0 aliphatic carbocycles. The van der Waals surface area contributed by atoms with Gasteiger partial charge in [0.25, 0.3) is 17.5 Å². The Hall–Kier alpha value is -2.60.